The van der Waals surface area contributed by atoms with Crippen molar-refractivity contribution in [2.45, 2.75) is 19.6 Å². The summed E-state index contributed by atoms with van der Waals surface area (Å²) in [5.41, 5.74) is 4.94. The zero-order valence-electron chi connectivity index (χ0n) is 7.74. The molecular weight excluding hydrogens is 204 g/mol. The van der Waals surface area contributed by atoms with E-state index in [-0.39, 0.29) is 23.4 Å². The summed E-state index contributed by atoms with van der Waals surface area (Å²) >= 11 is 0. The molecule has 1 rings (SSSR count). The number of alkyl halides is 2. The lowest BCUT2D eigenvalue weighted by molar-refractivity contribution is 0.144. The quantitative estimate of drug-likeness (QED) is 0.779. The number of rotatable bonds is 3. The Bertz CT molecular complexity index is 401. The largest absolute Gasteiger partial charge is 0.392 e. The average molecular weight is 213 g/mol. The van der Waals surface area contributed by atoms with E-state index < -0.39 is 18.7 Å². The van der Waals surface area contributed by atoms with E-state index >= 15 is 0 Å². The zero-order valence-corrected chi connectivity index (χ0v) is 7.74. The molecule has 0 atom stereocenters. The Morgan fingerprint density at radius 2 is 2.27 bits per heavy atom. The highest BCUT2D eigenvalue weighted by molar-refractivity contribution is 5.37. The third-order valence-corrected chi connectivity index (χ3v) is 1.94. The number of aromatic nitrogens is 1. The summed E-state index contributed by atoms with van der Waals surface area (Å²) in [6.45, 7) is -0.586. The van der Waals surface area contributed by atoms with E-state index in [4.69, 9.17) is 16.1 Å². The van der Waals surface area contributed by atoms with Crippen LogP contribution in [-0.2, 0) is 13.2 Å². The van der Waals surface area contributed by atoms with Gasteiger partial charge >= 0.3 is 0 Å². The first-order chi connectivity index (χ1) is 7.13. The van der Waals surface area contributed by atoms with E-state index in [1.807, 2.05) is 0 Å². The molecule has 0 aliphatic heterocycles. The van der Waals surface area contributed by atoms with Crippen LogP contribution >= 0.6 is 0 Å². The van der Waals surface area contributed by atoms with Crippen LogP contribution in [0, 0.1) is 11.3 Å². The van der Waals surface area contributed by atoms with Crippen molar-refractivity contribution in [3.8, 4) is 6.07 Å². The maximum atomic E-state index is 12.5. The summed E-state index contributed by atoms with van der Waals surface area (Å²) in [6, 6.07) is 2.91. The molecule has 0 aliphatic rings. The lowest BCUT2D eigenvalue weighted by atomic mass is 10.1. The van der Waals surface area contributed by atoms with Crippen LogP contribution in [0.4, 0.5) is 8.78 Å². The Hall–Kier alpha value is -1.58. The second-order valence-electron chi connectivity index (χ2n) is 2.81. The topological polar surface area (TPSA) is 82.9 Å². The molecule has 0 unspecified atom stereocenters. The van der Waals surface area contributed by atoms with Gasteiger partial charge in [-0.25, -0.2) is 13.8 Å². The molecule has 6 heteroatoms. The van der Waals surface area contributed by atoms with Crippen LogP contribution in [0.15, 0.2) is 6.07 Å². The molecule has 0 saturated carbocycles. The molecule has 1 aromatic heterocycles. The van der Waals surface area contributed by atoms with Crippen molar-refractivity contribution >= 4 is 0 Å². The van der Waals surface area contributed by atoms with Crippen LogP contribution in [0.1, 0.15) is 28.9 Å². The van der Waals surface area contributed by atoms with Gasteiger partial charge in [0.25, 0.3) is 6.43 Å². The van der Waals surface area contributed by atoms with Gasteiger partial charge in [0.05, 0.1) is 6.61 Å². The Labute approximate surface area is 85.0 Å². The Morgan fingerprint density at radius 3 is 2.67 bits per heavy atom. The van der Waals surface area contributed by atoms with E-state index in [0.717, 1.165) is 0 Å². The normalized spacial score (nSPS) is 10.4. The first kappa shape index (κ1) is 11.5. The van der Waals surface area contributed by atoms with Crippen LogP contribution in [0.2, 0.25) is 0 Å². The SMILES string of the molecule is N#Cc1cc(CO)c(CN)c(C(F)F)n1. The molecule has 80 valence electrons. The fraction of sp³-hybridized carbons (Fsp3) is 0.333. The minimum atomic E-state index is -2.80. The molecule has 15 heavy (non-hydrogen) atoms. The van der Waals surface area contributed by atoms with E-state index in [1.54, 1.807) is 6.07 Å². The van der Waals surface area contributed by atoms with Gasteiger partial charge in [-0.2, -0.15) is 5.26 Å². The molecular formula is C9H9F2N3O. The van der Waals surface area contributed by atoms with Crippen LogP contribution in [0.5, 0.6) is 0 Å². The van der Waals surface area contributed by atoms with E-state index in [1.165, 1.54) is 6.07 Å². The third-order valence-electron chi connectivity index (χ3n) is 1.94. The number of halogens is 2. The van der Waals surface area contributed by atoms with Crippen molar-refractivity contribution in [2.24, 2.45) is 5.73 Å². The van der Waals surface area contributed by atoms with Gasteiger partial charge in [0.1, 0.15) is 17.5 Å². The summed E-state index contributed by atoms with van der Waals surface area (Å²) in [5, 5.41) is 17.5. The van der Waals surface area contributed by atoms with Crippen LogP contribution in [0.25, 0.3) is 0 Å². The van der Waals surface area contributed by atoms with Gasteiger partial charge in [0.2, 0.25) is 0 Å². The maximum absolute atomic E-state index is 12.5. The Kier molecular flexibility index (Phi) is 3.66. The minimum Gasteiger partial charge on any atom is -0.392 e. The molecule has 3 N–H and O–H groups in total. The number of hydrogen-bond acceptors (Lipinski definition) is 4. The van der Waals surface area contributed by atoms with Crippen LogP contribution in [-0.4, -0.2) is 10.1 Å². The Morgan fingerprint density at radius 1 is 1.60 bits per heavy atom. The summed E-state index contributed by atoms with van der Waals surface area (Å²) in [6.07, 6.45) is -2.80. The third kappa shape index (κ3) is 2.26. The molecule has 0 spiro atoms. The molecule has 0 aliphatic carbocycles. The second kappa shape index (κ2) is 4.77. The molecule has 1 heterocycles. The fourth-order valence-electron chi connectivity index (χ4n) is 1.26. The standard InChI is InChI=1S/C9H9F2N3O/c10-9(11)8-7(3-13)5(4-15)1-6(2-12)14-8/h1,9,15H,3-4,13H2. The number of pyridine rings is 1. The van der Waals surface area contributed by atoms with Gasteiger partial charge in [-0.15, -0.1) is 0 Å². The summed E-state index contributed by atoms with van der Waals surface area (Å²) < 4.78 is 25.1. The number of nitriles is 1. The minimum absolute atomic E-state index is 0.103. The summed E-state index contributed by atoms with van der Waals surface area (Å²) in [5.74, 6) is 0. The molecule has 0 saturated heterocycles. The smallest absolute Gasteiger partial charge is 0.280 e. The van der Waals surface area contributed by atoms with E-state index in [2.05, 4.69) is 4.98 Å². The van der Waals surface area contributed by atoms with E-state index in [9.17, 15) is 8.78 Å². The molecule has 0 amide bonds. The highest BCUT2D eigenvalue weighted by Gasteiger charge is 2.18. The Balaban J connectivity index is 3.40. The van der Waals surface area contributed by atoms with Crippen molar-refractivity contribution in [1.82, 2.24) is 4.98 Å². The van der Waals surface area contributed by atoms with Crippen molar-refractivity contribution in [2.75, 3.05) is 0 Å². The van der Waals surface area contributed by atoms with Gasteiger partial charge in [0, 0.05) is 6.54 Å². The molecule has 1 aromatic rings. The first-order valence-electron chi connectivity index (χ1n) is 4.15. The molecule has 0 bridgehead atoms. The number of nitrogens with zero attached hydrogens (tertiary/aromatic N) is 2. The number of nitrogens with two attached hydrogens (primary N) is 1. The van der Waals surface area contributed by atoms with E-state index in [0.29, 0.717) is 0 Å². The second-order valence-corrected chi connectivity index (χ2v) is 2.81. The van der Waals surface area contributed by atoms with Crippen molar-refractivity contribution in [3.63, 3.8) is 0 Å². The highest BCUT2D eigenvalue weighted by atomic mass is 19.3. The zero-order chi connectivity index (χ0) is 11.4. The molecule has 0 radical (unpaired) electrons. The average Bonchev–Trinajstić information content (AvgIpc) is 2.26. The van der Waals surface area contributed by atoms with Gasteiger partial charge < -0.3 is 10.8 Å². The monoisotopic (exact) mass is 213 g/mol. The predicted octanol–water partition coefficient (Wildman–Crippen LogP) is 0.842. The molecule has 0 fully saturated rings. The summed E-state index contributed by atoms with van der Waals surface area (Å²) in [4.78, 5) is 3.47. The number of aliphatic hydroxyl groups excluding tert-OH is 1. The molecule has 4 nitrogen and oxygen atoms in total. The summed E-state index contributed by atoms with van der Waals surface area (Å²) in [7, 11) is 0. The predicted molar refractivity (Wildman–Crippen MR) is 47.7 cm³/mol. The lowest BCUT2D eigenvalue weighted by Gasteiger charge is -2.10. The van der Waals surface area contributed by atoms with Crippen LogP contribution < -0.4 is 5.73 Å². The fourth-order valence-corrected chi connectivity index (χ4v) is 1.26. The van der Waals surface area contributed by atoms with Crippen molar-refractivity contribution in [3.05, 3.63) is 28.6 Å². The molecule has 0 aromatic carbocycles. The van der Waals surface area contributed by atoms with Gasteiger partial charge in [0.15, 0.2) is 0 Å². The first-order valence-corrected chi connectivity index (χ1v) is 4.15. The highest BCUT2D eigenvalue weighted by Crippen LogP contribution is 2.24. The van der Waals surface area contributed by atoms with Crippen LogP contribution in [0.3, 0.4) is 0 Å². The maximum Gasteiger partial charge on any atom is 0.280 e. The number of aliphatic hydroxyl groups is 1. The van der Waals surface area contributed by atoms with Gasteiger partial charge in [-0.3, -0.25) is 0 Å². The van der Waals surface area contributed by atoms with Crippen molar-refractivity contribution in [1.29, 1.82) is 5.26 Å². The number of hydrogen-bond donors (Lipinski definition) is 2. The van der Waals surface area contributed by atoms with Crippen molar-refractivity contribution < 1.29 is 13.9 Å². The van der Waals surface area contributed by atoms with Gasteiger partial charge in [-0.1, -0.05) is 0 Å². The lowest BCUT2D eigenvalue weighted by Crippen LogP contribution is -2.10. The van der Waals surface area contributed by atoms with Gasteiger partial charge in [-0.05, 0) is 17.2 Å².